The monoisotopic (exact) mass is 265 g/mol. The Kier molecular flexibility index (Phi) is 183. The van der Waals surface area contributed by atoms with Crippen LogP contribution in [0, 0.1) is 41.7 Å². The first-order valence-corrected chi connectivity index (χ1v) is 0. The van der Waals surface area contributed by atoms with Gasteiger partial charge in [0.15, 0.2) is 0 Å². The Morgan fingerprint density at radius 1 is 0.750 bits per heavy atom. The van der Waals surface area contributed by atoms with Gasteiger partial charge in [0.05, 0.1) is 0 Å². The molecule has 0 saturated heterocycles. The van der Waals surface area contributed by atoms with E-state index in [0.717, 1.165) is 0 Å². The summed E-state index contributed by atoms with van der Waals surface area (Å²) in [7, 11) is 0. The maximum atomic E-state index is 0. The van der Waals surface area contributed by atoms with Crippen LogP contribution < -0.4 is 0 Å². The molecule has 0 rings (SSSR count). The Hall–Kier alpha value is 2.04. The molecule has 0 amide bonds. The maximum Gasteiger partial charge on any atom is 5.00 e. The zero-order valence-corrected chi connectivity index (χ0v) is 7.10. The van der Waals surface area contributed by atoms with Crippen molar-refractivity contribution in [2.24, 2.45) is 0 Å². The fourth-order valence-corrected chi connectivity index (χ4v) is 0. The molecule has 0 atom stereocenters. The van der Waals surface area contributed by atoms with Crippen LogP contribution in [0.15, 0.2) is 0 Å². The van der Waals surface area contributed by atoms with Crippen LogP contribution in [-0.2, 0) is 33.3 Å². The number of hydrogen-bond acceptors (Lipinski definition) is 0. The van der Waals surface area contributed by atoms with Gasteiger partial charge in [-0.2, -0.15) is 0 Å². The van der Waals surface area contributed by atoms with Crippen molar-refractivity contribution in [2.45, 2.75) is 0 Å². The summed E-state index contributed by atoms with van der Waals surface area (Å²) in [6.45, 7) is 0. The van der Waals surface area contributed by atoms with E-state index in [4.69, 9.17) is 0 Å². The molecule has 0 heterocycles. The fourth-order valence-electron chi connectivity index (χ4n) is 0. The number of hydrogen-bond donors (Lipinski definition) is 0. The molecular weight excluding hydrogens is 265 g/mol. The van der Waals surface area contributed by atoms with Gasteiger partial charge in [0, 0.05) is 0 Å². The summed E-state index contributed by atoms with van der Waals surface area (Å²) < 4.78 is 0. The molecule has 0 aromatic carbocycles. The third-order valence-electron chi connectivity index (χ3n) is 0. The van der Waals surface area contributed by atoms with E-state index in [9.17, 15) is 0 Å². The minimum Gasteiger partial charge on any atom is -2.00 e. The third kappa shape index (κ3) is 8.97. The molecule has 17 valence electrons. The van der Waals surface area contributed by atoms with Crippen LogP contribution in [-0.4, -0.2) is 0 Å². The quantitative estimate of drug-likeness (QED) is 0.543. The fraction of sp³-hybridized carbons (Fsp3) is 0. The zero-order chi connectivity index (χ0) is 0. The standard InChI is InChI=1S/Ce.Nb.2O/q+3;+5;2*-2. The first-order chi connectivity index (χ1) is 0. The van der Waals surface area contributed by atoms with Crippen molar-refractivity contribution in [1.82, 2.24) is 0 Å². The molecule has 0 bridgehead atoms. The van der Waals surface area contributed by atoms with Gasteiger partial charge in [0.1, 0.15) is 0 Å². The van der Waals surface area contributed by atoms with Crippen molar-refractivity contribution in [3.8, 4) is 0 Å². The Morgan fingerprint density at radius 2 is 0.750 bits per heavy atom. The number of rotatable bonds is 0. The normalized spacial score (nSPS) is 0. The summed E-state index contributed by atoms with van der Waals surface area (Å²) >= 11 is 0. The molecule has 2 nitrogen and oxygen atoms in total. The Balaban J connectivity index is 0. The van der Waals surface area contributed by atoms with E-state index in [1.54, 1.807) is 0 Å². The summed E-state index contributed by atoms with van der Waals surface area (Å²) in [6, 6.07) is 0. The average Bonchev–Trinajstić information content (AvgIpc) is 0. The molecule has 0 fully saturated rings. The van der Waals surface area contributed by atoms with E-state index < -0.39 is 0 Å². The zero-order valence-electron chi connectivity index (χ0n) is 1.76. The topological polar surface area (TPSA) is 57.0 Å². The smallest absolute Gasteiger partial charge is 2.00 e. The van der Waals surface area contributed by atoms with Gasteiger partial charge < -0.3 is 11.0 Å². The molecule has 0 N–H and O–H groups in total. The van der Waals surface area contributed by atoms with Crippen molar-refractivity contribution in [2.75, 3.05) is 0 Å². The molecule has 4 heteroatoms. The van der Waals surface area contributed by atoms with Gasteiger partial charge in [-0.25, -0.2) is 0 Å². The summed E-state index contributed by atoms with van der Waals surface area (Å²) in [5, 5.41) is 0. The first kappa shape index (κ1) is 36.9. The molecule has 0 saturated carbocycles. The summed E-state index contributed by atoms with van der Waals surface area (Å²) in [4.78, 5) is 0. The van der Waals surface area contributed by atoms with Crippen LogP contribution in [0.5, 0.6) is 0 Å². The van der Waals surface area contributed by atoms with E-state index in [1.165, 1.54) is 0 Å². The first-order valence-electron chi connectivity index (χ1n) is 0. The van der Waals surface area contributed by atoms with Crippen LogP contribution in [0.2, 0.25) is 0 Å². The summed E-state index contributed by atoms with van der Waals surface area (Å²) in [5.74, 6) is 0. The van der Waals surface area contributed by atoms with Gasteiger partial charge in [0.25, 0.3) is 0 Å². The molecule has 0 aromatic rings. The summed E-state index contributed by atoms with van der Waals surface area (Å²) in [5.41, 5.74) is 0. The molecule has 0 spiro atoms. The van der Waals surface area contributed by atoms with E-state index in [1.807, 2.05) is 0 Å². The van der Waals surface area contributed by atoms with Gasteiger partial charge in [-0.3, -0.25) is 0 Å². The molecule has 4 heavy (non-hydrogen) atoms. The molecular formula is CeNbO2+4. The largest absolute Gasteiger partial charge is 5.00 e. The Labute approximate surface area is 73.8 Å². The van der Waals surface area contributed by atoms with E-state index in [-0.39, 0.29) is 75.1 Å². The predicted molar refractivity (Wildman–Crippen MR) is 1.37 cm³/mol. The second-order valence-electron chi connectivity index (χ2n) is 0. The van der Waals surface area contributed by atoms with Crippen molar-refractivity contribution in [3.63, 3.8) is 0 Å². The van der Waals surface area contributed by atoms with Gasteiger partial charge >= 0.3 is 64.1 Å². The minimum absolute atomic E-state index is 0. The average molecular weight is 265 g/mol. The third-order valence-corrected chi connectivity index (χ3v) is 0. The van der Waals surface area contributed by atoms with Gasteiger partial charge in [0.2, 0.25) is 0 Å². The van der Waals surface area contributed by atoms with Crippen LogP contribution >= 0.6 is 0 Å². The van der Waals surface area contributed by atoms with Gasteiger partial charge in [-0.15, -0.1) is 0 Å². The molecule has 0 aliphatic rings. The van der Waals surface area contributed by atoms with Crippen LogP contribution in [0.25, 0.3) is 0 Å². The Morgan fingerprint density at radius 3 is 0.750 bits per heavy atom. The van der Waals surface area contributed by atoms with E-state index in [2.05, 4.69) is 0 Å². The van der Waals surface area contributed by atoms with Crippen molar-refractivity contribution in [1.29, 1.82) is 0 Å². The van der Waals surface area contributed by atoms with Crippen LogP contribution in [0.4, 0.5) is 0 Å². The molecule has 0 aliphatic heterocycles. The van der Waals surface area contributed by atoms with E-state index >= 15 is 0 Å². The molecule has 0 unspecified atom stereocenters. The van der Waals surface area contributed by atoms with Crippen molar-refractivity contribution in [3.05, 3.63) is 0 Å². The molecule has 0 aromatic heterocycles. The van der Waals surface area contributed by atoms with Crippen LogP contribution in [0.3, 0.4) is 0 Å². The maximum absolute atomic E-state index is 0. The second-order valence-corrected chi connectivity index (χ2v) is 0. The SMILES string of the molecule is [Ce+3].[Nb+5].[O-2].[O-2]. The Bertz CT molecular complexity index is 6.00. The van der Waals surface area contributed by atoms with Gasteiger partial charge in [-0.05, 0) is 0 Å². The van der Waals surface area contributed by atoms with E-state index in [0.29, 0.717) is 0 Å². The molecule has 0 aliphatic carbocycles. The molecule has 1 radical (unpaired) electrons. The minimum atomic E-state index is 0. The summed E-state index contributed by atoms with van der Waals surface area (Å²) in [6.07, 6.45) is 0. The van der Waals surface area contributed by atoms with Gasteiger partial charge in [-0.1, -0.05) is 0 Å². The van der Waals surface area contributed by atoms with Crippen LogP contribution in [0.1, 0.15) is 0 Å². The predicted octanol–water partition coefficient (Wildman–Crippen LogP) is -0.240. The van der Waals surface area contributed by atoms with Crippen molar-refractivity contribution >= 4 is 0 Å². The van der Waals surface area contributed by atoms with Crippen molar-refractivity contribution < 1.29 is 75.1 Å². The second kappa shape index (κ2) is 19.8.